The smallest absolute Gasteiger partial charge is 0.395 e. The van der Waals surface area contributed by atoms with Crippen molar-refractivity contribution in [2.75, 3.05) is 19.8 Å². The van der Waals surface area contributed by atoms with Crippen LogP contribution in [0.25, 0.3) is 0 Å². The highest BCUT2D eigenvalue weighted by Crippen LogP contribution is 2.57. The van der Waals surface area contributed by atoms with Gasteiger partial charge in [-0.1, -0.05) is 6.07 Å². The predicted molar refractivity (Wildman–Crippen MR) is 85.5 cm³/mol. The van der Waals surface area contributed by atoms with Crippen molar-refractivity contribution in [2.45, 2.75) is 42.9 Å². The molecular formula is C17H19F2NO5S. The van der Waals surface area contributed by atoms with Crippen molar-refractivity contribution in [1.29, 1.82) is 0 Å². The van der Waals surface area contributed by atoms with Crippen LogP contribution in [0.5, 0.6) is 11.5 Å². The van der Waals surface area contributed by atoms with E-state index in [2.05, 4.69) is 9.47 Å². The van der Waals surface area contributed by atoms with Crippen LogP contribution >= 0.6 is 0 Å². The molecule has 0 bridgehead atoms. The van der Waals surface area contributed by atoms with Crippen molar-refractivity contribution in [3.05, 3.63) is 18.2 Å². The van der Waals surface area contributed by atoms with E-state index in [1.807, 2.05) is 0 Å². The highest BCUT2D eigenvalue weighted by atomic mass is 32.2. The molecule has 1 aromatic rings. The Labute approximate surface area is 150 Å². The first-order valence-electron chi connectivity index (χ1n) is 8.81. The normalized spacial score (nSPS) is 29.5. The summed E-state index contributed by atoms with van der Waals surface area (Å²) in [7, 11) is -3.95. The molecule has 1 aromatic carbocycles. The fourth-order valence-corrected chi connectivity index (χ4v) is 6.58. The van der Waals surface area contributed by atoms with Gasteiger partial charge in [0.1, 0.15) is 4.90 Å². The Morgan fingerprint density at radius 3 is 2.54 bits per heavy atom. The maximum absolute atomic E-state index is 13.4. The molecule has 1 aliphatic carbocycles. The third kappa shape index (κ3) is 2.36. The van der Waals surface area contributed by atoms with Crippen LogP contribution in [0.3, 0.4) is 0 Å². The number of rotatable bonds is 3. The summed E-state index contributed by atoms with van der Waals surface area (Å²) in [6, 6.07) is 3.89. The SMILES string of the molecule is O=S(=O)(c1cccc2c1OC(F)(F)O2)N1CC2(CCOCC2)C1C1CC1. The molecule has 1 unspecified atom stereocenters. The summed E-state index contributed by atoms with van der Waals surface area (Å²) in [6.45, 7) is 1.68. The number of para-hydroxylation sites is 1. The van der Waals surface area contributed by atoms with E-state index in [1.54, 1.807) is 0 Å². The van der Waals surface area contributed by atoms with Gasteiger partial charge in [-0.2, -0.15) is 4.31 Å². The van der Waals surface area contributed by atoms with Gasteiger partial charge in [-0.25, -0.2) is 8.42 Å². The fourth-order valence-electron chi connectivity index (χ4n) is 4.58. The number of hydrogen-bond acceptors (Lipinski definition) is 5. The van der Waals surface area contributed by atoms with Crippen LogP contribution in [0.15, 0.2) is 23.1 Å². The Morgan fingerprint density at radius 1 is 1.12 bits per heavy atom. The van der Waals surface area contributed by atoms with Gasteiger partial charge in [0.05, 0.1) is 0 Å². The quantitative estimate of drug-likeness (QED) is 0.798. The third-order valence-corrected chi connectivity index (χ3v) is 7.80. The van der Waals surface area contributed by atoms with Crippen molar-refractivity contribution >= 4 is 10.0 Å². The number of nitrogens with zero attached hydrogens (tertiary/aromatic N) is 1. The van der Waals surface area contributed by atoms with E-state index in [0.717, 1.165) is 25.7 Å². The molecule has 3 aliphatic heterocycles. The zero-order valence-corrected chi connectivity index (χ0v) is 14.8. The topological polar surface area (TPSA) is 65.1 Å². The lowest BCUT2D eigenvalue weighted by Gasteiger charge is -2.58. The highest BCUT2D eigenvalue weighted by molar-refractivity contribution is 7.89. The number of fused-ring (bicyclic) bond motifs is 1. The Kier molecular flexibility index (Phi) is 3.40. The van der Waals surface area contributed by atoms with E-state index in [0.29, 0.717) is 25.7 Å². The van der Waals surface area contributed by atoms with Gasteiger partial charge >= 0.3 is 6.29 Å². The minimum atomic E-state index is -3.95. The summed E-state index contributed by atoms with van der Waals surface area (Å²) in [5, 5.41) is 0. The second kappa shape index (κ2) is 5.30. The number of sulfonamides is 1. The molecule has 3 fully saturated rings. The zero-order chi connectivity index (χ0) is 18.2. The Bertz CT molecular complexity index is 849. The van der Waals surface area contributed by atoms with Crippen LogP contribution < -0.4 is 9.47 Å². The second-order valence-electron chi connectivity index (χ2n) is 7.56. The van der Waals surface area contributed by atoms with Gasteiger partial charge in [-0.3, -0.25) is 0 Å². The van der Waals surface area contributed by atoms with Crippen LogP contribution in [0, 0.1) is 11.3 Å². The van der Waals surface area contributed by atoms with Gasteiger partial charge in [0, 0.05) is 31.2 Å². The van der Waals surface area contributed by atoms with Crippen LogP contribution in [-0.2, 0) is 14.8 Å². The minimum Gasteiger partial charge on any atom is -0.395 e. The third-order valence-electron chi connectivity index (χ3n) is 5.94. The van der Waals surface area contributed by atoms with Crippen LogP contribution in [0.1, 0.15) is 25.7 Å². The summed E-state index contributed by atoms with van der Waals surface area (Å²) < 4.78 is 69.2. The van der Waals surface area contributed by atoms with Gasteiger partial charge in [0.25, 0.3) is 0 Å². The lowest BCUT2D eigenvalue weighted by Crippen LogP contribution is -2.68. The van der Waals surface area contributed by atoms with E-state index >= 15 is 0 Å². The van der Waals surface area contributed by atoms with E-state index in [-0.39, 0.29) is 22.1 Å². The van der Waals surface area contributed by atoms with E-state index in [9.17, 15) is 17.2 Å². The number of ether oxygens (including phenoxy) is 3. The fraction of sp³-hybridized carbons (Fsp3) is 0.647. The van der Waals surface area contributed by atoms with Crippen LogP contribution in [0.4, 0.5) is 8.78 Å². The molecular weight excluding hydrogens is 368 g/mol. The lowest BCUT2D eigenvalue weighted by atomic mass is 9.66. The monoisotopic (exact) mass is 387 g/mol. The molecule has 1 atom stereocenters. The Morgan fingerprint density at radius 2 is 1.85 bits per heavy atom. The molecule has 4 aliphatic rings. The van der Waals surface area contributed by atoms with Crippen molar-refractivity contribution in [2.24, 2.45) is 11.3 Å². The number of halogens is 2. The molecule has 0 radical (unpaired) electrons. The molecule has 0 aromatic heterocycles. The molecule has 0 N–H and O–H groups in total. The molecule has 9 heteroatoms. The van der Waals surface area contributed by atoms with Crippen molar-refractivity contribution in [3.63, 3.8) is 0 Å². The Hall–Kier alpha value is -1.45. The van der Waals surface area contributed by atoms with Gasteiger partial charge in [-0.05, 0) is 43.7 Å². The number of benzene rings is 1. The maximum atomic E-state index is 13.4. The maximum Gasteiger partial charge on any atom is 0.586 e. The largest absolute Gasteiger partial charge is 0.586 e. The standard InChI is InChI=1S/C17H19F2NO5S/c18-17(19)24-12-2-1-3-13(14(12)25-17)26(21,22)20-10-16(6-8-23-9-7-16)15(20)11-4-5-11/h1-3,11,15H,4-10H2. The predicted octanol–water partition coefficient (Wildman–Crippen LogP) is 2.59. The summed E-state index contributed by atoms with van der Waals surface area (Å²) in [5.74, 6) is -0.313. The molecule has 3 heterocycles. The van der Waals surface area contributed by atoms with Crippen LogP contribution in [0.2, 0.25) is 0 Å². The van der Waals surface area contributed by atoms with Gasteiger partial charge < -0.3 is 14.2 Å². The van der Waals surface area contributed by atoms with Gasteiger partial charge in [0.15, 0.2) is 11.5 Å². The molecule has 1 saturated carbocycles. The van der Waals surface area contributed by atoms with E-state index in [1.165, 1.54) is 22.5 Å². The average Bonchev–Trinajstić information content (AvgIpc) is 3.33. The molecule has 1 spiro atoms. The minimum absolute atomic E-state index is 0.0499. The van der Waals surface area contributed by atoms with Crippen molar-refractivity contribution < 1.29 is 31.4 Å². The second-order valence-corrected chi connectivity index (χ2v) is 9.42. The first kappa shape index (κ1) is 16.7. The van der Waals surface area contributed by atoms with Crippen LogP contribution in [-0.4, -0.2) is 44.8 Å². The van der Waals surface area contributed by atoms with Gasteiger partial charge in [0.2, 0.25) is 10.0 Å². The summed E-state index contributed by atoms with van der Waals surface area (Å²) in [4.78, 5) is -0.250. The lowest BCUT2D eigenvalue weighted by molar-refractivity contribution is -0.287. The first-order chi connectivity index (χ1) is 12.3. The van der Waals surface area contributed by atoms with E-state index in [4.69, 9.17) is 4.74 Å². The Balaban J connectivity index is 1.50. The summed E-state index contributed by atoms with van der Waals surface area (Å²) >= 11 is 0. The highest BCUT2D eigenvalue weighted by Gasteiger charge is 2.62. The molecule has 5 rings (SSSR count). The van der Waals surface area contributed by atoms with E-state index < -0.39 is 22.1 Å². The molecule has 142 valence electrons. The number of alkyl halides is 2. The van der Waals surface area contributed by atoms with Gasteiger partial charge in [-0.15, -0.1) is 8.78 Å². The zero-order valence-electron chi connectivity index (χ0n) is 14.0. The molecule has 2 saturated heterocycles. The van der Waals surface area contributed by atoms with Crippen molar-refractivity contribution in [1.82, 2.24) is 4.31 Å². The molecule has 26 heavy (non-hydrogen) atoms. The summed E-state index contributed by atoms with van der Waals surface area (Å²) in [5.41, 5.74) is -0.0499. The molecule has 6 nitrogen and oxygen atoms in total. The van der Waals surface area contributed by atoms with Crippen molar-refractivity contribution in [3.8, 4) is 11.5 Å². The first-order valence-corrected chi connectivity index (χ1v) is 10.2. The number of hydrogen-bond donors (Lipinski definition) is 0. The summed E-state index contributed by atoms with van der Waals surface area (Å²) in [6.07, 6.45) is -0.163. The molecule has 0 amide bonds. The average molecular weight is 387 g/mol.